The molecule has 36 heavy (non-hydrogen) atoms. The predicted octanol–water partition coefficient (Wildman–Crippen LogP) is 5.58. The van der Waals surface area contributed by atoms with E-state index < -0.39 is 13.3 Å². The number of carbonyl (C=O) groups excluding carboxylic acids is 1. The van der Waals surface area contributed by atoms with Crippen molar-refractivity contribution in [1.82, 2.24) is 4.90 Å². The molecule has 0 unspecified atom stereocenters. The second-order valence-corrected chi connectivity index (χ2v) is 9.52. The van der Waals surface area contributed by atoms with Gasteiger partial charge in [0.2, 0.25) is 0 Å². The molecule has 1 saturated heterocycles. The molecule has 3 aromatic carbocycles. The molecule has 0 spiro atoms. The number of nitrogens with two attached hydrogens (primary N) is 1. The van der Waals surface area contributed by atoms with E-state index in [-0.39, 0.29) is 24.2 Å². The van der Waals surface area contributed by atoms with E-state index in [0.29, 0.717) is 37.6 Å². The largest absolute Gasteiger partial charge is 0.482 e. The molecule has 188 valence electrons. The predicted molar refractivity (Wildman–Crippen MR) is 137 cm³/mol. The number of benzene rings is 3. The van der Waals surface area contributed by atoms with Crippen LogP contribution in [0.2, 0.25) is 0 Å². The zero-order valence-corrected chi connectivity index (χ0v) is 20.1. The highest BCUT2D eigenvalue weighted by molar-refractivity contribution is 6.57. The minimum absolute atomic E-state index is 0.00812. The van der Waals surface area contributed by atoms with Crippen molar-refractivity contribution >= 4 is 24.4 Å². The first-order valence-corrected chi connectivity index (χ1v) is 12.2. The number of nitrogens with zero attached hydrogens (tertiary/aromatic N) is 2. The minimum atomic E-state index is -4.95. The van der Waals surface area contributed by atoms with Crippen molar-refractivity contribution in [3.63, 3.8) is 0 Å². The van der Waals surface area contributed by atoms with Gasteiger partial charge in [-0.3, -0.25) is 0 Å². The summed E-state index contributed by atoms with van der Waals surface area (Å²) in [7, 11) is 0. The van der Waals surface area contributed by atoms with Crippen LogP contribution in [-0.4, -0.2) is 50.8 Å². The van der Waals surface area contributed by atoms with Gasteiger partial charge in [0.25, 0.3) is 0 Å². The maximum Gasteiger partial charge on any atom is 0.482 e. The number of anilines is 2. The maximum atomic E-state index is 13.0. The van der Waals surface area contributed by atoms with Gasteiger partial charge in [0.15, 0.2) is 0 Å². The number of rotatable bonds is 5. The zero-order chi connectivity index (χ0) is 25.4. The Labute approximate surface area is 208 Å². The van der Waals surface area contributed by atoms with Crippen LogP contribution in [0.5, 0.6) is 0 Å². The lowest BCUT2D eigenvalue weighted by Gasteiger charge is -2.37. The van der Waals surface area contributed by atoms with Crippen LogP contribution in [0.25, 0.3) is 11.1 Å². The number of hydrogen-bond donors (Lipinski definition) is 1. The van der Waals surface area contributed by atoms with Crippen LogP contribution < -0.4 is 10.6 Å². The van der Waals surface area contributed by atoms with Crippen LogP contribution in [0.1, 0.15) is 28.2 Å². The first-order chi connectivity index (χ1) is 17.2. The molecule has 0 bridgehead atoms. The Morgan fingerprint density at radius 3 is 2.14 bits per heavy atom. The van der Waals surface area contributed by atoms with Gasteiger partial charge in [-0.25, -0.2) is 4.79 Å². The Hall–Kier alpha value is -3.62. The first-order valence-electron chi connectivity index (χ1n) is 12.2. The maximum absolute atomic E-state index is 13.0. The summed E-state index contributed by atoms with van der Waals surface area (Å²) in [6, 6.07) is 19.3. The molecule has 5 rings (SSSR count). The molecule has 1 amide bonds. The summed E-state index contributed by atoms with van der Waals surface area (Å²) in [6.07, 6.45) is -1.33. The molecule has 0 radical (unpaired) electrons. The van der Waals surface area contributed by atoms with Crippen molar-refractivity contribution in [2.24, 2.45) is 0 Å². The summed E-state index contributed by atoms with van der Waals surface area (Å²) in [5.41, 5.74) is 12.6. The number of fused-ring (bicyclic) bond motifs is 3. The fourth-order valence-electron chi connectivity index (χ4n) is 5.31. The van der Waals surface area contributed by atoms with E-state index in [1.54, 1.807) is 11.0 Å². The van der Waals surface area contributed by atoms with Crippen LogP contribution in [0.15, 0.2) is 60.7 Å². The summed E-state index contributed by atoms with van der Waals surface area (Å²) >= 11 is 0. The summed E-state index contributed by atoms with van der Waals surface area (Å²) in [5, 5.41) is 0. The number of nitrogen functional groups attached to an aromatic ring is 1. The van der Waals surface area contributed by atoms with E-state index >= 15 is 0 Å². The second-order valence-electron chi connectivity index (χ2n) is 9.52. The number of piperazine rings is 1. The molecule has 0 aromatic heterocycles. The van der Waals surface area contributed by atoms with Gasteiger partial charge in [-0.1, -0.05) is 60.4 Å². The summed E-state index contributed by atoms with van der Waals surface area (Å²) in [4.78, 5) is 16.5. The van der Waals surface area contributed by atoms with Crippen LogP contribution in [0.4, 0.5) is 29.1 Å². The highest BCUT2D eigenvalue weighted by Crippen LogP contribution is 2.44. The van der Waals surface area contributed by atoms with Crippen molar-refractivity contribution in [3.05, 3.63) is 82.9 Å². The lowest BCUT2D eigenvalue weighted by Crippen LogP contribution is -2.49. The van der Waals surface area contributed by atoms with Gasteiger partial charge in [-0.2, -0.15) is 0 Å². The molecule has 9 heteroatoms. The highest BCUT2D eigenvalue weighted by atomic mass is 19.4. The van der Waals surface area contributed by atoms with E-state index in [2.05, 4.69) is 24.3 Å². The summed E-state index contributed by atoms with van der Waals surface area (Å²) < 4.78 is 44.7. The third-order valence-corrected chi connectivity index (χ3v) is 7.16. The van der Waals surface area contributed by atoms with Crippen molar-refractivity contribution in [3.8, 4) is 11.1 Å². The van der Waals surface area contributed by atoms with Gasteiger partial charge in [-0.15, -0.1) is 0 Å². The van der Waals surface area contributed by atoms with E-state index in [1.165, 1.54) is 17.2 Å². The minimum Gasteiger partial charge on any atom is -0.449 e. The van der Waals surface area contributed by atoms with Crippen LogP contribution in [0, 0.1) is 6.92 Å². The number of amides is 1. The molecule has 1 aliphatic heterocycles. The molecule has 3 aromatic rings. The summed E-state index contributed by atoms with van der Waals surface area (Å²) in [5.74, 6) is -0.00812. The van der Waals surface area contributed by atoms with Gasteiger partial charge in [0.1, 0.15) is 6.61 Å². The van der Waals surface area contributed by atoms with E-state index in [0.717, 1.165) is 16.7 Å². The SMILES string of the molecule is Cc1c(N)cc(C[B-](F)(F)F)cc1N1CCN(C(=O)OCC2c3ccccc3-c3ccccc32)CC1. The normalized spacial score (nSPS) is 15.6. The smallest absolute Gasteiger partial charge is 0.449 e. The molecule has 1 aliphatic carbocycles. The van der Waals surface area contributed by atoms with Crippen molar-refractivity contribution in [1.29, 1.82) is 0 Å². The highest BCUT2D eigenvalue weighted by Gasteiger charge is 2.31. The zero-order valence-electron chi connectivity index (χ0n) is 20.1. The standard InChI is InChI=1S/C27H28BF3N3O2/c1-18-25(32)14-19(16-28(29,30)31)15-26(18)33-10-12-34(13-11-33)27(35)36-17-24-22-8-4-2-6-20(22)21-7-3-5-9-23(21)24/h2-9,14-15,24H,10-13,16-17,32H2,1H3/q-1. The Bertz CT molecular complexity index is 1240. The lowest BCUT2D eigenvalue weighted by atomic mass is 9.81. The van der Waals surface area contributed by atoms with Crippen LogP contribution >= 0.6 is 0 Å². The molecule has 5 nitrogen and oxygen atoms in total. The number of hydrogen-bond acceptors (Lipinski definition) is 4. The van der Waals surface area contributed by atoms with Crippen molar-refractivity contribution in [2.75, 3.05) is 43.4 Å². The number of ether oxygens (including phenoxy) is 1. The van der Waals surface area contributed by atoms with E-state index in [9.17, 15) is 17.7 Å². The van der Waals surface area contributed by atoms with E-state index in [1.807, 2.05) is 36.1 Å². The first kappa shape index (κ1) is 24.1. The Balaban J connectivity index is 1.22. The molecule has 0 saturated carbocycles. The fraction of sp³-hybridized carbons (Fsp3) is 0.296. The molecule has 1 fully saturated rings. The molecular weight excluding hydrogens is 466 g/mol. The molecule has 2 N–H and O–H groups in total. The topological polar surface area (TPSA) is 58.8 Å². The Morgan fingerprint density at radius 1 is 0.972 bits per heavy atom. The molecule has 1 heterocycles. The third-order valence-electron chi connectivity index (χ3n) is 7.16. The number of carbonyl (C=O) groups is 1. The lowest BCUT2D eigenvalue weighted by molar-refractivity contribution is 0.0977. The Morgan fingerprint density at radius 2 is 1.56 bits per heavy atom. The van der Waals surface area contributed by atoms with Crippen molar-refractivity contribution in [2.45, 2.75) is 19.2 Å². The monoisotopic (exact) mass is 494 g/mol. The number of halogens is 3. The fourth-order valence-corrected chi connectivity index (χ4v) is 5.31. The second kappa shape index (κ2) is 9.45. The van der Waals surface area contributed by atoms with Gasteiger partial charge in [0.05, 0.1) is 0 Å². The average Bonchev–Trinajstić information content (AvgIpc) is 3.17. The van der Waals surface area contributed by atoms with Crippen molar-refractivity contribution < 1.29 is 22.5 Å². The molecule has 0 atom stereocenters. The average molecular weight is 494 g/mol. The summed E-state index contributed by atoms with van der Waals surface area (Å²) in [6.45, 7) is -1.07. The quantitative estimate of drug-likeness (QED) is 0.372. The third kappa shape index (κ3) is 4.74. The van der Waals surface area contributed by atoms with Gasteiger partial charge in [-0.05, 0) is 46.9 Å². The Kier molecular flexibility index (Phi) is 6.32. The molecular formula is C27H28BF3N3O2-. The molecule has 2 aliphatic rings. The van der Waals surface area contributed by atoms with Gasteiger partial charge in [0, 0.05) is 43.5 Å². The van der Waals surface area contributed by atoms with Gasteiger partial charge < -0.3 is 33.2 Å². The van der Waals surface area contributed by atoms with Crippen LogP contribution in [0.3, 0.4) is 0 Å². The van der Waals surface area contributed by atoms with Gasteiger partial charge >= 0.3 is 13.1 Å². The van der Waals surface area contributed by atoms with Crippen LogP contribution in [-0.2, 0) is 11.1 Å². The van der Waals surface area contributed by atoms with E-state index in [4.69, 9.17) is 10.5 Å².